The molecule has 1 heterocycles. The smallest absolute Gasteiger partial charge is 0.143 e. The normalized spacial score (nSPS) is 13.5. The Balaban J connectivity index is 2.13. The van der Waals surface area contributed by atoms with Crippen molar-refractivity contribution in [3.8, 4) is 0 Å². The van der Waals surface area contributed by atoms with E-state index >= 15 is 0 Å². The average Bonchev–Trinajstić information content (AvgIpc) is 2.41. The summed E-state index contributed by atoms with van der Waals surface area (Å²) in [5.41, 5.74) is 2.69. The highest BCUT2D eigenvalue weighted by atomic mass is 79.9. The minimum Gasteiger partial charge on any atom is -0.390 e. The fourth-order valence-electron chi connectivity index (χ4n) is 1.96. The maximum absolute atomic E-state index is 13.4. The number of rotatable bonds is 1. The van der Waals surface area contributed by atoms with E-state index in [4.69, 9.17) is 4.84 Å². The maximum atomic E-state index is 13.4. The van der Waals surface area contributed by atoms with Crippen LogP contribution in [0.15, 0.2) is 46.0 Å². The van der Waals surface area contributed by atoms with Gasteiger partial charge in [0.05, 0.1) is 4.47 Å². The van der Waals surface area contributed by atoms with Crippen molar-refractivity contribution in [1.29, 1.82) is 0 Å². The molecule has 3 rings (SSSR count). The van der Waals surface area contributed by atoms with E-state index in [1.165, 1.54) is 18.2 Å². The zero-order chi connectivity index (χ0) is 13.4. The minimum atomic E-state index is -0.361. The van der Waals surface area contributed by atoms with E-state index in [0.29, 0.717) is 27.9 Å². The lowest BCUT2D eigenvalue weighted by Crippen LogP contribution is -2.13. The van der Waals surface area contributed by atoms with Crippen LogP contribution in [-0.4, -0.2) is 5.71 Å². The topological polar surface area (TPSA) is 21.6 Å². The molecule has 5 heteroatoms. The molecule has 0 amide bonds. The van der Waals surface area contributed by atoms with Crippen molar-refractivity contribution >= 4 is 21.6 Å². The van der Waals surface area contributed by atoms with Crippen molar-refractivity contribution in [2.45, 2.75) is 6.61 Å². The summed E-state index contributed by atoms with van der Waals surface area (Å²) in [6.07, 6.45) is 0. The number of fused-ring (bicyclic) bond motifs is 1. The van der Waals surface area contributed by atoms with Crippen LogP contribution in [0.2, 0.25) is 0 Å². The quantitative estimate of drug-likeness (QED) is 0.777. The Labute approximate surface area is 116 Å². The molecule has 0 N–H and O–H groups in total. The second-order valence-electron chi connectivity index (χ2n) is 4.14. The molecule has 96 valence electrons. The van der Waals surface area contributed by atoms with Gasteiger partial charge in [0.15, 0.2) is 0 Å². The molecule has 0 aliphatic carbocycles. The molecule has 0 unspecified atom stereocenters. The van der Waals surface area contributed by atoms with Crippen LogP contribution >= 0.6 is 15.9 Å². The fraction of sp³-hybridized carbons (Fsp3) is 0.0714. The Morgan fingerprint density at radius 3 is 2.74 bits per heavy atom. The third-order valence-corrected chi connectivity index (χ3v) is 3.50. The summed E-state index contributed by atoms with van der Waals surface area (Å²) >= 11 is 3.12. The third kappa shape index (κ3) is 2.26. The first-order valence-electron chi connectivity index (χ1n) is 5.59. The Morgan fingerprint density at radius 1 is 1.11 bits per heavy atom. The highest BCUT2D eigenvalue weighted by Gasteiger charge is 2.18. The zero-order valence-corrected chi connectivity index (χ0v) is 11.2. The molecule has 0 fully saturated rings. The molecule has 19 heavy (non-hydrogen) atoms. The van der Waals surface area contributed by atoms with E-state index < -0.39 is 0 Å². The van der Waals surface area contributed by atoms with Gasteiger partial charge in [-0.05, 0) is 46.3 Å². The van der Waals surface area contributed by atoms with Gasteiger partial charge in [0.1, 0.15) is 24.0 Å². The van der Waals surface area contributed by atoms with E-state index in [2.05, 4.69) is 21.1 Å². The molecule has 2 nitrogen and oxygen atoms in total. The zero-order valence-electron chi connectivity index (χ0n) is 9.66. The van der Waals surface area contributed by atoms with Gasteiger partial charge in [-0.3, -0.25) is 0 Å². The van der Waals surface area contributed by atoms with Crippen molar-refractivity contribution in [3.05, 3.63) is 69.2 Å². The number of halogens is 3. The first kappa shape index (κ1) is 12.3. The lowest BCUT2D eigenvalue weighted by molar-refractivity contribution is 0.126. The van der Waals surface area contributed by atoms with Crippen LogP contribution in [0.25, 0.3) is 0 Å². The monoisotopic (exact) mass is 323 g/mol. The molecule has 0 aromatic heterocycles. The SMILES string of the molecule is Fc1ccc2c(c1)C(c1ccc(F)c(Br)c1)=NOC2. The van der Waals surface area contributed by atoms with Gasteiger partial charge in [-0.25, -0.2) is 8.78 Å². The molecular weight excluding hydrogens is 316 g/mol. The van der Waals surface area contributed by atoms with Crippen molar-refractivity contribution in [3.63, 3.8) is 0 Å². The van der Waals surface area contributed by atoms with Crippen LogP contribution in [0, 0.1) is 11.6 Å². The summed E-state index contributed by atoms with van der Waals surface area (Å²) in [6.45, 7) is 0.307. The summed E-state index contributed by atoms with van der Waals surface area (Å²) < 4.78 is 26.9. The van der Waals surface area contributed by atoms with E-state index in [-0.39, 0.29) is 11.6 Å². The Hall–Kier alpha value is -1.75. The van der Waals surface area contributed by atoms with E-state index in [1.807, 2.05) is 0 Å². The first-order chi connectivity index (χ1) is 9.15. The number of nitrogens with zero attached hydrogens (tertiary/aromatic N) is 1. The predicted octanol–water partition coefficient (Wildman–Crippen LogP) is 4.01. The average molecular weight is 324 g/mol. The molecule has 1 aliphatic rings. The fourth-order valence-corrected chi connectivity index (χ4v) is 2.34. The van der Waals surface area contributed by atoms with Crippen LogP contribution in [-0.2, 0) is 11.4 Å². The number of oxime groups is 1. The van der Waals surface area contributed by atoms with Gasteiger partial charge in [-0.1, -0.05) is 11.2 Å². The molecule has 0 bridgehead atoms. The number of hydrogen-bond acceptors (Lipinski definition) is 2. The minimum absolute atomic E-state index is 0.307. The Kier molecular flexibility index (Phi) is 3.06. The van der Waals surface area contributed by atoms with Crippen molar-refractivity contribution in [2.75, 3.05) is 0 Å². The van der Waals surface area contributed by atoms with Crippen molar-refractivity contribution in [1.82, 2.24) is 0 Å². The number of benzene rings is 2. The highest BCUT2D eigenvalue weighted by molar-refractivity contribution is 9.10. The van der Waals surface area contributed by atoms with Gasteiger partial charge >= 0.3 is 0 Å². The Bertz CT molecular complexity index is 685. The molecule has 0 saturated carbocycles. The molecular formula is C14H8BrF2NO. The molecule has 1 aliphatic heterocycles. The van der Waals surface area contributed by atoms with Gasteiger partial charge in [0.2, 0.25) is 0 Å². The lowest BCUT2D eigenvalue weighted by Gasteiger charge is -2.17. The lowest BCUT2D eigenvalue weighted by atomic mass is 9.97. The van der Waals surface area contributed by atoms with E-state index in [0.717, 1.165) is 5.56 Å². The van der Waals surface area contributed by atoms with Crippen LogP contribution in [0.5, 0.6) is 0 Å². The maximum Gasteiger partial charge on any atom is 0.143 e. The molecule has 2 aromatic carbocycles. The molecule has 0 atom stereocenters. The van der Waals surface area contributed by atoms with Gasteiger partial charge in [0, 0.05) is 16.7 Å². The van der Waals surface area contributed by atoms with Gasteiger partial charge in [-0.15, -0.1) is 0 Å². The first-order valence-corrected chi connectivity index (χ1v) is 6.38. The highest BCUT2D eigenvalue weighted by Crippen LogP contribution is 2.25. The third-order valence-electron chi connectivity index (χ3n) is 2.90. The molecule has 0 saturated heterocycles. The molecule has 0 radical (unpaired) electrons. The second kappa shape index (κ2) is 4.74. The summed E-state index contributed by atoms with van der Waals surface area (Å²) in [6, 6.07) is 8.97. The molecule has 0 spiro atoms. The van der Waals surface area contributed by atoms with Crippen LogP contribution in [0.4, 0.5) is 8.78 Å². The largest absolute Gasteiger partial charge is 0.390 e. The second-order valence-corrected chi connectivity index (χ2v) is 5.00. The van der Waals surface area contributed by atoms with Gasteiger partial charge in [0.25, 0.3) is 0 Å². The van der Waals surface area contributed by atoms with Gasteiger partial charge in [-0.2, -0.15) is 0 Å². The summed E-state index contributed by atoms with van der Waals surface area (Å²) in [5.74, 6) is -0.699. The Morgan fingerprint density at radius 2 is 1.95 bits per heavy atom. The summed E-state index contributed by atoms with van der Waals surface area (Å²) in [7, 11) is 0. The van der Waals surface area contributed by atoms with Crippen molar-refractivity contribution in [2.24, 2.45) is 5.16 Å². The summed E-state index contributed by atoms with van der Waals surface area (Å²) in [5, 5.41) is 3.96. The van der Waals surface area contributed by atoms with E-state index in [9.17, 15) is 8.78 Å². The standard InChI is InChI=1S/C14H8BrF2NO/c15-12-5-8(2-4-13(12)17)14-11-6-10(16)3-1-9(11)7-19-18-14/h1-6H,7H2. The summed E-state index contributed by atoms with van der Waals surface area (Å²) in [4.78, 5) is 5.13. The van der Waals surface area contributed by atoms with Crippen LogP contribution in [0.1, 0.15) is 16.7 Å². The van der Waals surface area contributed by atoms with E-state index in [1.54, 1.807) is 18.2 Å². The van der Waals surface area contributed by atoms with Crippen LogP contribution in [0.3, 0.4) is 0 Å². The molecule has 2 aromatic rings. The number of hydrogen-bond donors (Lipinski definition) is 0. The predicted molar refractivity (Wildman–Crippen MR) is 70.9 cm³/mol. The van der Waals surface area contributed by atoms with Gasteiger partial charge < -0.3 is 4.84 Å². The van der Waals surface area contributed by atoms with Crippen LogP contribution < -0.4 is 0 Å². The van der Waals surface area contributed by atoms with Crippen molar-refractivity contribution < 1.29 is 13.6 Å².